The van der Waals surface area contributed by atoms with Gasteiger partial charge in [0.15, 0.2) is 0 Å². The summed E-state index contributed by atoms with van der Waals surface area (Å²) in [5.41, 5.74) is 0. The van der Waals surface area contributed by atoms with Crippen molar-refractivity contribution in [3.05, 3.63) is 0 Å². The molecular formula is C12H23N3O3. The molecule has 0 unspecified atom stereocenters. The molecule has 0 bridgehead atoms. The zero-order chi connectivity index (χ0) is 12.8. The van der Waals surface area contributed by atoms with Crippen molar-refractivity contribution in [2.24, 2.45) is 0 Å². The summed E-state index contributed by atoms with van der Waals surface area (Å²) in [6.45, 7) is 6.56. The molecule has 1 atom stereocenters. The summed E-state index contributed by atoms with van der Waals surface area (Å²) in [5.74, 6) is 0.155. The molecule has 0 aliphatic carbocycles. The number of rotatable bonds is 4. The molecule has 2 heterocycles. The molecule has 2 rings (SSSR count). The smallest absolute Gasteiger partial charge is 0.236 e. The summed E-state index contributed by atoms with van der Waals surface area (Å²) in [7, 11) is 2.09. The van der Waals surface area contributed by atoms with Crippen LogP contribution in [-0.4, -0.2) is 87.9 Å². The van der Waals surface area contributed by atoms with Gasteiger partial charge in [0.1, 0.15) is 0 Å². The highest BCUT2D eigenvalue weighted by atomic mass is 16.5. The number of amides is 1. The van der Waals surface area contributed by atoms with Gasteiger partial charge >= 0.3 is 0 Å². The van der Waals surface area contributed by atoms with Gasteiger partial charge in [-0.2, -0.15) is 0 Å². The fraction of sp³-hybridized carbons (Fsp3) is 0.917. The van der Waals surface area contributed by atoms with Crippen LogP contribution in [0.4, 0.5) is 0 Å². The molecule has 6 nitrogen and oxygen atoms in total. The maximum Gasteiger partial charge on any atom is 0.236 e. The Morgan fingerprint density at radius 2 is 2.06 bits per heavy atom. The average molecular weight is 257 g/mol. The maximum atomic E-state index is 11.9. The third kappa shape index (κ3) is 4.20. The molecule has 1 N–H and O–H groups in total. The van der Waals surface area contributed by atoms with Crippen LogP contribution in [0.15, 0.2) is 0 Å². The molecule has 2 saturated heterocycles. The Bertz CT molecular complexity index is 269. The first kappa shape index (κ1) is 13.7. The van der Waals surface area contributed by atoms with Gasteiger partial charge in [0.05, 0.1) is 32.5 Å². The van der Waals surface area contributed by atoms with E-state index in [9.17, 15) is 4.79 Å². The number of hydrogen-bond acceptors (Lipinski definition) is 5. The number of carbonyl (C=O) groups excluding carboxylic acids is 1. The molecule has 0 spiro atoms. The molecule has 0 aromatic heterocycles. The minimum atomic E-state index is 0.155. The van der Waals surface area contributed by atoms with Gasteiger partial charge in [-0.1, -0.05) is 0 Å². The summed E-state index contributed by atoms with van der Waals surface area (Å²) in [5, 5.41) is 3.19. The van der Waals surface area contributed by atoms with E-state index in [0.29, 0.717) is 32.8 Å². The Balaban J connectivity index is 1.60. The van der Waals surface area contributed by atoms with Crippen LogP contribution >= 0.6 is 0 Å². The van der Waals surface area contributed by atoms with Crippen molar-refractivity contribution in [1.29, 1.82) is 0 Å². The Hall–Kier alpha value is -0.690. The van der Waals surface area contributed by atoms with Crippen molar-refractivity contribution in [1.82, 2.24) is 15.1 Å². The number of morpholine rings is 2. The fourth-order valence-electron chi connectivity index (χ4n) is 2.25. The van der Waals surface area contributed by atoms with Gasteiger partial charge in [0.2, 0.25) is 5.91 Å². The minimum absolute atomic E-state index is 0.155. The summed E-state index contributed by atoms with van der Waals surface area (Å²) in [4.78, 5) is 16.0. The third-order valence-corrected chi connectivity index (χ3v) is 3.35. The second-order valence-electron chi connectivity index (χ2n) is 4.88. The largest absolute Gasteiger partial charge is 0.378 e. The molecule has 0 aromatic rings. The van der Waals surface area contributed by atoms with Crippen LogP contribution < -0.4 is 5.32 Å². The molecule has 104 valence electrons. The summed E-state index contributed by atoms with van der Waals surface area (Å²) in [6.07, 6.45) is 0.196. The Morgan fingerprint density at radius 3 is 2.78 bits per heavy atom. The van der Waals surface area contributed by atoms with E-state index in [4.69, 9.17) is 9.47 Å². The van der Waals surface area contributed by atoms with Crippen molar-refractivity contribution >= 4 is 5.91 Å². The van der Waals surface area contributed by atoms with Crippen LogP contribution in [0, 0.1) is 0 Å². The molecule has 2 fully saturated rings. The number of likely N-dealkylation sites (N-methyl/N-ethyl adjacent to an activating group) is 1. The lowest BCUT2D eigenvalue weighted by Crippen LogP contribution is -2.48. The molecule has 0 aromatic carbocycles. The number of carbonyl (C=O) groups is 1. The van der Waals surface area contributed by atoms with Crippen LogP contribution in [0.5, 0.6) is 0 Å². The topological polar surface area (TPSA) is 54.0 Å². The monoisotopic (exact) mass is 257 g/mol. The predicted molar refractivity (Wildman–Crippen MR) is 67.5 cm³/mol. The third-order valence-electron chi connectivity index (χ3n) is 3.35. The standard InChI is InChI=1S/C12H23N3O3/c1-14-2-7-18-11(10-14)8-13-9-12(16)15-3-5-17-6-4-15/h11,13H,2-10H2,1H3/t11-/m1/s1. The van der Waals surface area contributed by atoms with E-state index in [1.165, 1.54) is 0 Å². The Labute approximate surface area is 108 Å². The van der Waals surface area contributed by atoms with Gasteiger partial charge in [0, 0.05) is 32.7 Å². The van der Waals surface area contributed by atoms with E-state index in [1.807, 2.05) is 4.90 Å². The second kappa shape index (κ2) is 7.04. The average Bonchev–Trinajstić information content (AvgIpc) is 2.40. The van der Waals surface area contributed by atoms with Gasteiger partial charge in [0.25, 0.3) is 0 Å². The van der Waals surface area contributed by atoms with Crippen molar-refractivity contribution in [3.8, 4) is 0 Å². The first-order valence-electron chi connectivity index (χ1n) is 6.62. The second-order valence-corrected chi connectivity index (χ2v) is 4.88. The zero-order valence-corrected chi connectivity index (χ0v) is 11.1. The van der Waals surface area contributed by atoms with Crippen molar-refractivity contribution in [2.45, 2.75) is 6.10 Å². The predicted octanol–water partition coefficient (Wildman–Crippen LogP) is -1.23. The molecule has 2 aliphatic rings. The molecule has 1 amide bonds. The van der Waals surface area contributed by atoms with E-state index >= 15 is 0 Å². The van der Waals surface area contributed by atoms with Crippen LogP contribution in [0.1, 0.15) is 0 Å². The lowest BCUT2D eigenvalue weighted by atomic mass is 10.3. The number of hydrogen-bond donors (Lipinski definition) is 1. The summed E-state index contributed by atoms with van der Waals surface area (Å²) >= 11 is 0. The van der Waals surface area contributed by atoms with Gasteiger partial charge in [-0.3, -0.25) is 4.79 Å². The van der Waals surface area contributed by atoms with E-state index in [0.717, 1.165) is 26.2 Å². The maximum absolute atomic E-state index is 11.9. The zero-order valence-electron chi connectivity index (χ0n) is 11.1. The number of ether oxygens (including phenoxy) is 2. The minimum Gasteiger partial charge on any atom is -0.378 e. The lowest BCUT2D eigenvalue weighted by Gasteiger charge is -2.30. The molecular weight excluding hydrogens is 234 g/mol. The molecule has 18 heavy (non-hydrogen) atoms. The highest BCUT2D eigenvalue weighted by molar-refractivity contribution is 5.78. The molecule has 2 aliphatic heterocycles. The molecule has 0 radical (unpaired) electrons. The SMILES string of the molecule is CN1CCO[C@H](CNCC(=O)N2CCOCC2)C1. The first-order chi connectivity index (χ1) is 8.75. The van der Waals surface area contributed by atoms with Crippen molar-refractivity contribution in [3.63, 3.8) is 0 Å². The first-order valence-corrected chi connectivity index (χ1v) is 6.62. The van der Waals surface area contributed by atoms with Gasteiger partial charge in [-0.05, 0) is 7.05 Å². The lowest BCUT2D eigenvalue weighted by molar-refractivity contribution is -0.134. The Kier molecular flexibility index (Phi) is 5.37. The molecule has 0 saturated carbocycles. The molecule has 6 heteroatoms. The van der Waals surface area contributed by atoms with Crippen LogP contribution in [-0.2, 0) is 14.3 Å². The van der Waals surface area contributed by atoms with Crippen molar-refractivity contribution in [2.75, 3.05) is 66.1 Å². The van der Waals surface area contributed by atoms with Gasteiger partial charge < -0.3 is 24.6 Å². The quantitative estimate of drug-likeness (QED) is 0.683. The van der Waals surface area contributed by atoms with Crippen LogP contribution in [0.3, 0.4) is 0 Å². The number of nitrogens with zero attached hydrogens (tertiary/aromatic N) is 2. The normalized spacial score (nSPS) is 26.3. The highest BCUT2D eigenvalue weighted by Crippen LogP contribution is 2.01. The fourth-order valence-corrected chi connectivity index (χ4v) is 2.25. The highest BCUT2D eigenvalue weighted by Gasteiger charge is 2.19. The Morgan fingerprint density at radius 1 is 1.28 bits per heavy atom. The van der Waals surface area contributed by atoms with Gasteiger partial charge in [-0.25, -0.2) is 0 Å². The van der Waals surface area contributed by atoms with Crippen molar-refractivity contribution < 1.29 is 14.3 Å². The van der Waals surface area contributed by atoms with Crippen LogP contribution in [0.25, 0.3) is 0 Å². The van der Waals surface area contributed by atoms with E-state index in [1.54, 1.807) is 0 Å². The summed E-state index contributed by atoms with van der Waals surface area (Å²) < 4.78 is 10.8. The van der Waals surface area contributed by atoms with E-state index in [2.05, 4.69) is 17.3 Å². The number of nitrogens with one attached hydrogen (secondary N) is 1. The van der Waals surface area contributed by atoms with E-state index in [-0.39, 0.29) is 12.0 Å². The van der Waals surface area contributed by atoms with E-state index < -0.39 is 0 Å². The van der Waals surface area contributed by atoms with Gasteiger partial charge in [-0.15, -0.1) is 0 Å². The summed E-state index contributed by atoms with van der Waals surface area (Å²) in [6, 6.07) is 0. The van der Waals surface area contributed by atoms with Crippen LogP contribution in [0.2, 0.25) is 0 Å².